The summed E-state index contributed by atoms with van der Waals surface area (Å²) in [5, 5.41) is 11.4. The summed E-state index contributed by atoms with van der Waals surface area (Å²) in [6, 6.07) is 5.34. The minimum absolute atomic E-state index is 0.0243. The maximum absolute atomic E-state index is 13.0. The van der Waals surface area contributed by atoms with Gasteiger partial charge in [-0.15, -0.1) is 0 Å². The van der Waals surface area contributed by atoms with Gasteiger partial charge in [0.05, 0.1) is 0 Å². The zero-order chi connectivity index (χ0) is 17.6. The van der Waals surface area contributed by atoms with Crippen molar-refractivity contribution >= 4 is 11.9 Å². The topological polar surface area (TPSA) is 82.4 Å². The van der Waals surface area contributed by atoms with Crippen molar-refractivity contribution in [1.29, 1.82) is 0 Å². The molecule has 4 rings (SSSR count). The Morgan fingerprint density at radius 3 is 2.56 bits per heavy atom. The second-order valence-electron chi connectivity index (χ2n) is 7.76. The number of aliphatic carboxylic acids is 1. The van der Waals surface area contributed by atoms with Gasteiger partial charge in [0.2, 0.25) is 5.91 Å². The summed E-state index contributed by atoms with van der Waals surface area (Å²) < 4.78 is 1.84. The van der Waals surface area contributed by atoms with Crippen LogP contribution < -0.4 is 10.7 Å². The molecular formula is C19H23N2O4-. The Morgan fingerprint density at radius 2 is 1.80 bits per heavy atom. The number of amides is 1. The molecule has 2 bridgehead atoms. The molecule has 3 aliphatic rings. The minimum atomic E-state index is -1.09. The van der Waals surface area contributed by atoms with Gasteiger partial charge in [0, 0.05) is 55.1 Å². The molecule has 3 heterocycles. The van der Waals surface area contributed by atoms with E-state index >= 15 is 0 Å². The standard InChI is InChI=1S/C19H24N2O4/c22-17-7-3-6-16-13-8-12(10-21(16)17)9-20(11-13)18(23)14-4-1-2-5-15(14)19(24)25/h3,6-7,12-15H,1-2,4-5,8-11H2,(H,24,25)/p-1. The number of rotatable bonds is 2. The van der Waals surface area contributed by atoms with Gasteiger partial charge in [0.15, 0.2) is 0 Å². The van der Waals surface area contributed by atoms with Crippen LogP contribution in [0.3, 0.4) is 0 Å². The van der Waals surface area contributed by atoms with Gasteiger partial charge in [-0.05, 0) is 31.2 Å². The summed E-state index contributed by atoms with van der Waals surface area (Å²) >= 11 is 0. The van der Waals surface area contributed by atoms with E-state index in [1.807, 2.05) is 15.5 Å². The van der Waals surface area contributed by atoms with Gasteiger partial charge in [-0.1, -0.05) is 18.9 Å². The Hall–Kier alpha value is -2.11. The molecule has 0 radical (unpaired) electrons. The van der Waals surface area contributed by atoms with Crippen LogP contribution in [0.4, 0.5) is 0 Å². The fourth-order valence-corrected chi connectivity index (χ4v) is 5.02. The first-order valence-electron chi connectivity index (χ1n) is 9.24. The quantitative estimate of drug-likeness (QED) is 0.776. The molecule has 0 N–H and O–H groups in total. The number of pyridine rings is 1. The summed E-state index contributed by atoms with van der Waals surface area (Å²) in [5.74, 6) is -1.80. The average molecular weight is 343 g/mol. The maximum atomic E-state index is 13.0. The number of carbonyl (C=O) groups excluding carboxylic acids is 2. The molecule has 1 aliphatic carbocycles. The van der Waals surface area contributed by atoms with Crippen molar-refractivity contribution < 1.29 is 14.7 Å². The maximum Gasteiger partial charge on any atom is 0.250 e. The Balaban J connectivity index is 1.56. The molecule has 1 saturated heterocycles. The van der Waals surface area contributed by atoms with Crippen LogP contribution in [-0.2, 0) is 16.1 Å². The first-order valence-corrected chi connectivity index (χ1v) is 9.24. The van der Waals surface area contributed by atoms with Gasteiger partial charge >= 0.3 is 0 Å². The van der Waals surface area contributed by atoms with Crippen molar-refractivity contribution in [2.45, 2.75) is 44.6 Å². The number of carboxylic acid groups (broad SMARTS) is 1. The molecule has 6 heteroatoms. The molecule has 134 valence electrons. The van der Waals surface area contributed by atoms with E-state index in [1.54, 1.807) is 12.1 Å². The third-order valence-electron chi connectivity index (χ3n) is 6.18. The number of fused-ring (bicyclic) bond motifs is 4. The van der Waals surface area contributed by atoms with E-state index in [4.69, 9.17) is 0 Å². The highest BCUT2D eigenvalue weighted by Gasteiger charge is 2.40. The molecule has 25 heavy (non-hydrogen) atoms. The lowest BCUT2D eigenvalue weighted by molar-refractivity contribution is -0.314. The summed E-state index contributed by atoms with van der Waals surface area (Å²) in [7, 11) is 0. The number of nitrogens with zero attached hydrogens (tertiary/aromatic N) is 2. The van der Waals surface area contributed by atoms with Crippen molar-refractivity contribution in [3.05, 3.63) is 34.2 Å². The zero-order valence-electron chi connectivity index (χ0n) is 14.2. The summed E-state index contributed by atoms with van der Waals surface area (Å²) in [5.41, 5.74) is 1.03. The molecule has 1 amide bonds. The van der Waals surface area contributed by atoms with Gasteiger partial charge < -0.3 is 19.4 Å². The molecule has 1 aromatic rings. The van der Waals surface area contributed by atoms with Gasteiger partial charge in [-0.2, -0.15) is 0 Å². The summed E-state index contributed by atoms with van der Waals surface area (Å²) in [6.45, 7) is 1.84. The monoisotopic (exact) mass is 343 g/mol. The number of carbonyl (C=O) groups is 2. The highest BCUT2D eigenvalue weighted by Crippen LogP contribution is 2.37. The predicted molar refractivity (Wildman–Crippen MR) is 88.6 cm³/mol. The van der Waals surface area contributed by atoms with Crippen LogP contribution in [0.15, 0.2) is 23.0 Å². The molecule has 0 spiro atoms. The number of hydrogen-bond acceptors (Lipinski definition) is 4. The van der Waals surface area contributed by atoms with Gasteiger partial charge in [0.1, 0.15) is 0 Å². The van der Waals surface area contributed by atoms with Crippen LogP contribution in [0, 0.1) is 17.8 Å². The van der Waals surface area contributed by atoms with Crippen molar-refractivity contribution in [3.63, 3.8) is 0 Å². The van der Waals surface area contributed by atoms with Crippen LogP contribution >= 0.6 is 0 Å². The second-order valence-corrected chi connectivity index (χ2v) is 7.76. The number of carboxylic acids is 1. The minimum Gasteiger partial charge on any atom is -0.550 e. The van der Waals surface area contributed by atoms with E-state index in [1.165, 1.54) is 0 Å². The third kappa shape index (κ3) is 2.87. The molecular weight excluding hydrogens is 320 g/mol. The molecule has 4 atom stereocenters. The lowest BCUT2D eigenvalue weighted by Gasteiger charge is -2.45. The SMILES string of the molecule is O=C([O-])C1CCCCC1C(=O)N1CC2CC(C1)c1cccc(=O)n1C2. The Kier molecular flexibility index (Phi) is 4.13. The Labute approximate surface area is 146 Å². The second kappa shape index (κ2) is 6.32. The lowest BCUT2D eigenvalue weighted by atomic mass is 9.77. The average Bonchev–Trinajstić information content (AvgIpc) is 2.62. The van der Waals surface area contributed by atoms with Crippen molar-refractivity contribution in [1.82, 2.24) is 9.47 Å². The van der Waals surface area contributed by atoms with Crippen molar-refractivity contribution in [2.75, 3.05) is 13.1 Å². The molecule has 6 nitrogen and oxygen atoms in total. The van der Waals surface area contributed by atoms with Crippen LogP contribution in [0.5, 0.6) is 0 Å². The van der Waals surface area contributed by atoms with Gasteiger partial charge in [-0.3, -0.25) is 9.59 Å². The molecule has 4 unspecified atom stereocenters. The van der Waals surface area contributed by atoms with E-state index in [0.29, 0.717) is 32.5 Å². The molecule has 0 aromatic carbocycles. The third-order valence-corrected chi connectivity index (χ3v) is 6.18. The van der Waals surface area contributed by atoms with Crippen LogP contribution in [-0.4, -0.2) is 34.4 Å². The number of piperidine rings is 1. The number of likely N-dealkylation sites (tertiary alicyclic amines) is 1. The Morgan fingerprint density at radius 1 is 1.04 bits per heavy atom. The van der Waals surface area contributed by atoms with Gasteiger partial charge in [-0.25, -0.2) is 0 Å². The fraction of sp³-hybridized carbons (Fsp3) is 0.632. The molecule has 2 aliphatic heterocycles. The highest BCUT2D eigenvalue weighted by molar-refractivity contribution is 5.84. The van der Waals surface area contributed by atoms with Crippen molar-refractivity contribution in [3.8, 4) is 0 Å². The van der Waals surface area contributed by atoms with E-state index in [2.05, 4.69) is 0 Å². The van der Waals surface area contributed by atoms with Gasteiger partial charge in [0.25, 0.3) is 5.56 Å². The van der Waals surface area contributed by atoms with Crippen LogP contribution in [0.1, 0.15) is 43.7 Å². The first-order chi connectivity index (χ1) is 12.0. The number of hydrogen-bond donors (Lipinski definition) is 0. The summed E-state index contributed by atoms with van der Waals surface area (Å²) in [6.07, 6.45) is 3.92. The van der Waals surface area contributed by atoms with E-state index < -0.39 is 17.8 Å². The van der Waals surface area contributed by atoms with Crippen LogP contribution in [0.25, 0.3) is 0 Å². The highest BCUT2D eigenvalue weighted by atomic mass is 16.4. The molecule has 2 fully saturated rings. The van der Waals surface area contributed by atoms with Crippen LogP contribution in [0.2, 0.25) is 0 Å². The predicted octanol–water partition coefficient (Wildman–Crippen LogP) is 0.350. The first kappa shape index (κ1) is 16.4. The largest absolute Gasteiger partial charge is 0.550 e. The lowest BCUT2D eigenvalue weighted by Crippen LogP contribution is -2.53. The number of aromatic nitrogens is 1. The molecule has 1 saturated carbocycles. The van der Waals surface area contributed by atoms with E-state index in [0.717, 1.165) is 25.0 Å². The smallest absolute Gasteiger partial charge is 0.250 e. The Bertz CT molecular complexity index is 756. The fourth-order valence-electron chi connectivity index (χ4n) is 5.02. The van der Waals surface area contributed by atoms with Crippen molar-refractivity contribution in [2.24, 2.45) is 17.8 Å². The summed E-state index contributed by atoms with van der Waals surface area (Å²) in [4.78, 5) is 38.4. The van der Waals surface area contributed by atoms with E-state index in [9.17, 15) is 19.5 Å². The normalized spacial score (nSPS) is 31.3. The zero-order valence-corrected chi connectivity index (χ0v) is 14.2. The van der Waals surface area contributed by atoms with E-state index in [-0.39, 0.29) is 23.3 Å². The molecule has 1 aromatic heterocycles.